The fraction of sp³-hybridized carbons (Fsp3) is 0.333. The predicted octanol–water partition coefficient (Wildman–Crippen LogP) is 5.14. The summed E-state index contributed by atoms with van der Waals surface area (Å²) in [4.78, 5) is 9.29. The number of anilines is 1. The van der Waals surface area contributed by atoms with Crippen molar-refractivity contribution in [3.8, 4) is 11.4 Å². The van der Waals surface area contributed by atoms with Crippen LogP contribution < -0.4 is 5.32 Å². The Balaban J connectivity index is 2.61. The van der Waals surface area contributed by atoms with Gasteiger partial charge in [-0.25, -0.2) is 9.97 Å². The van der Waals surface area contributed by atoms with E-state index in [2.05, 4.69) is 75.1 Å². The van der Waals surface area contributed by atoms with Crippen molar-refractivity contribution in [2.24, 2.45) is 0 Å². The van der Waals surface area contributed by atoms with Crippen LogP contribution in [0.1, 0.15) is 31.0 Å². The van der Waals surface area contributed by atoms with Gasteiger partial charge in [0.15, 0.2) is 5.82 Å². The summed E-state index contributed by atoms with van der Waals surface area (Å²) in [5.74, 6) is 1.88. The predicted molar refractivity (Wildman–Crippen MR) is 91.2 cm³/mol. The molecule has 0 amide bonds. The Morgan fingerprint density at radius 2 is 1.85 bits per heavy atom. The van der Waals surface area contributed by atoms with E-state index in [9.17, 15) is 0 Å². The monoisotopic (exact) mass is 397 g/mol. The van der Waals surface area contributed by atoms with E-state index < -0.39 is 0 Å². The molecule has 0 radical (unpaired) electrons. The lowest BCUT2D eigenvalue weighted by Crippen LogP contribution is -2.04. The lowest BCUT2D eigenvalue weighted by molar-refractivity contribution is 0.810. The maximum absolute atomic E-state index is 4.70. The van der Waals surface area contributed by atoms with Gasteiger partial charge in [0, 0.05) is 17.1 Å². The summed E-state index contributed by atoms with van der Waals surface area (Å²) in [6.45, 7) is 6.32. The Kier molecular flexibility index (Phi) is 4.81. The lowest BCUT2D eigenvalue weighted by Gasteiger charge is -2.13. The van der Waals surface area contributed by atoms with Gasteiger partial charge in [0.1, 0.15) is 5.82 Å². The zero-order valence-corrected chi connectivity index (χ0v) is 15.1. The van der Waals surface area contributed by atoms with Crippen molar-refractivity contribution in [2.75, 3.05) is 12.4 Å². The van der Waals surface area contributed by atoms with Crippen molar-refractivity contribution in [1.82, 2.24) is 9.97 Å². The molecule has 2 aromatic rings. The minimum atomic E-state index is 0.326. The quantitative estimate of drug-likeness (QED) is 0.777. The zero-order valence-electron chi connectivity index (χ0n) is 12.0. The van der Waals surface area contributed by atoms with Crippen LogP contribution in [0.25, 0.3) is 11.4 Å². The second-order valence-corrected chi connectivity index (χ2v) is 6.61. The molecule has 0 atom stereocenters. The molecule has 5 heteroatoms. The molecule has 1 N–H and O–H groups in total. The highest BCUT2D eigenvalue weighted by molar-refractivity contribution is 9.11. The van der Waals surface area contributed by atoms with Crippen LogP contribution in [0.3, 0.4) is 0 Å². The fourth-order valence-electron chi connectivity index (χ4n) is 1.87. The highest BCUT2D eigenvalue weighted by Gasteiger charge is 2.15. The Bertz CT molecular complexity index is 639. The highest BCUT2D eigenvalue weighted by atomic mass is 79.9. The summed E-state index contributed by atoms with van der Waals surface area (Å²) < 4.78 is 2.00. The fourth-order valence-corrected chi connectivity index (χ4v) is 3.09. The number of halogens is 2. The van der Waals surface area contributed by atoms with Gasteiger partial charge in [0.05, 0.1) is 10.2 Å². The minimum Gasteiger partial charge on any atom is -0.372 e. The maximum atomic E-state index is 4.70. The van der Waals surface area contributed by atoms with Crippen molar-refractivity contribution in [3.05, 3.63) is 38.4 Å². The Hall–Kier alpha value is -0.940. The summed E-state index contributed by atoms with van der Waals surface area (Å²) in [7, 11) is 1.87. The van der Waals surface area contributed by atoms with E-state index in [0.29, 0.717) is 5.92 Å². The second kappa shape index (κ2) is 6.22. The van der Waals surface area contributed by atoms with Crippen molar-refractivity contribution in [1.29, 1.82) is 0 Å². The molecule has 3 nitrogen and oxygen atoms in total. The summed E-state index contributed by atoms with van der Waals surface area (Å²) >= 11 is 7.14. The summed E-state index contributed by atoms with van der Waals surface area (Å²) in [6.07, 6.45) is 0. The molecule has 0 fully saturated rings. The number of nitrogens with one attached hydrogen (secondary N) is 1. The molecule has 0 unspecified atom stereocenters. The maximum Gasteiger partial charge on any atom is 0.161 e. The van der Waals surface area contributed by atoms with Gasteiger partial charge in [-0.15, -0.1) is 0 Å². The summed E-state index contributed by atoms with van der Waals surface area (Å²) in [5.41, 5.74) is 3.22. The lowest BCUT2D eigenvalue weighted by atomic mass is 10.1. The van der Waals surface area contributed by atoms with Gasteiger partial charge in [-0.2, -0.15) is 0 Å². The van der Waals surface area contributed by atoms with Crippen LogP contribution in [0.5, 0.6) is 0 Å². The van der Waals surface area contributed by atoms with Gasteiger partial charge in [0.2, 0.25) is 0 Å². The third kappa shape index (κ3) is 3.04. The molecular weight excluding hydrogens is 382 g/mol. The van der Waals surface area contributed by atoms with Crippen LogP contribution in [0.15, 0.2) is 27.1 Å². The van der Waals surface area contributed by atoms with Gasteiger partial charge in [0.25, 0.3) is 0 Å². The molecule has 0 spiro atoms. The number of hydrogen-bond donors (Lipinski definition) is 1. The molecule has 2 rings (SSSR count). The van der Waals surface area contributed by atoms with Crippen LogP contribution in [0.4, 0.5) is 5.82 Å². The number of hydrogen-bond acceptors (Lipinski definition) is 3. The number of rotatable bonds is 3. The van der Waals surface area contributed by atoms with Crippen LogP contribution in [0.2, 0.25) is 0 Å². The molecule has 0 saturated heterocycles. The Morgan fingerprint density at radius 3 is 2.40 bits per heavy atom. The molecule has 1 aromatic heterocycles. The molecule has 0 saturated carbocycles. The van der Waals surface area contributed by atoms with E-state index in [4.69, 9.17) is 4.98 Å². The number of aromatic nitrogens is 2. The molecule has 106 valence electrons. The molecule has 0 aliphatic heterocycles. The first-order valence-electron chi connectivity index (χ1n) is 6.45. The van der Waals surface area contributed by atoms with Gasteiger partial charge in [-0.05, 0) is 40.4 Å². The molecule has 20 heavy (non-hydrogen) atoms. The molecule has 0 aliphatic carbocycles. The van der Waals surface area contributed by atoms with Crippen LogP contribution in [-0.2, 0) is 0 Å². The topological polar surface area (TPSA) is 37.8 Å². The van der Waals surface area contributed by atoms with E-state index in [1.807, 2.05) is 13.1 Å². The normalized spacial score (nSPS) is 10.9. The van der Waals surface area contributed by atoms with Gasteiger partial charge < -0.3 is 5.32 Å². The van der Waals surface area contributed by atoms with E-state index in [1.165, 1.54) is 5.56 Å². The first-order valence-corrected chi connectivity index (χ1v) is 8.04. The van der Waals surface area contributed by atoms with Crippen molar-refractivity contribution in [2.45, 2.75) is 26.7 Å². The molecule has 0 bridgehead atoms. The second-order valence-electron chi connectivity index (χ2n) is 4.96. The van der Waals surface area contributed by atoms with Gasteiger partial charge in [-0.3, -0.25) is 0 Å². The van der Waals surface area contributed by atoms with Crippen molar-refractivity contribution in [3.63, 3.8) is 0 Å². The molecule has 1 aromatic carbocycles. The smallest absolute Gasteiger partial charge is 0.161 e. The first kappa shape index (κ1) is 15.4. The Morgan fingerprint density at radius 1 is 1.15 bits per heavy atom. The van der Waals surface area contributed by atoms with Gasteiger partial charge >= 0.3 is 0 Å². The number of nitrogens with zero attached hydrogens (tertiary/aromatic N) is 2. The van der Waals surface area contributed by atoms with Crippen molar-refractivity contribution >= 4 is 37.7 Å². The average Bonchev–Trinajstić information content (AvgIpc) is 2.42. The molecule has 0 aliphatic rings. The minimum absolute atomic E-state index is 0.326. The highest BCUT2D eigenvalue weighted by Crippen LogP contribution is 2.32. The van der Waals surface area contributed by atoms with Crippen LogP contribution in [-0.4, -0.2) is 17.0 Å². The third-order valence-electron chi connectivity index (χ3n) is 3.09. The van der Waals surface area contributed by atoms with Crippen molar-refractivity contribution < 1.29 is 0 Å². The molecular formula is C15H17Br2N3. The largest absolute Gasteiger partial charge is 0.372 e. The standard InChI is InChI=1S/C15H17Br2N3/c1-8(2)13-12(17)15(18-4)20-14(19-13)10-6-5-9(3)11(16)7-10/h5-8H,1-4H3,(H,18,19,20). The molecule has 1 heterocycles. The Labute approximate surface area is 136 Å². The van der Waals surface area contributed by atoms with E-state index in [0.717, 1.165) is 31.8 Å². The SMILES string of the molecule is CNc1nc(-c2ccc(C)c(Br)c2)nc(C(C)C)c1Br. The summed E-state index contributed by atoms with van der Waals surface area (Å²) in [6, 6.07) is 6.17. The van der Waals surface area contributed by atoms with Crippen LogP contribution in [0, 0.1) is 6.92 Å². The van der Waals surface area contributed by atoms with E-state index in [-0.39, 0.29) is 0 Å². The van der Waals surface area contributed by atoms with Gasteiger partial charge in [-0.1, -0.05) is 41.9 Å². The summed E-state index contributed by atoms with van der Waals surface area (Å²) in [5, 5.41) is 3.12. The average molecular weight is 399 g/mol. The van der Waals surface area contributed by atoms with E-state index >= 15 is 0 Å². The number of aryl methyl sites for hydroxylation is 1. The first-order chi connectivity index (χ1) is 9.43. The van der Waals surface area contributed by atoms with Crippen LogP contribution >= 0.6 is 31.9 Å². The third-order valence-corrected chi connectivity index (χ3v) is 4.73. The zero-order chi connectivity index (χ0) is 14.9. The van der Waals surface area contributed by atoms with E-state index in [1.54, 1.807) is 0 Å². The number of benzene rings is 1.